The second-order valence-corrected chi connectivity index (χ2v) is 7.67. The molecule has 1 aliphatic rings. The standard InChI is InChI=1S/C22H28N2O4/c1-14-10-20(21(25)13-23-11-15(2)28-16(3)12-23)17(4)24(14)19-8-6-18(7-9-19)22(26)27-5/h6-10,15-16H,11-13H2,1-5H3/p+1/t15-,16+. The number of carbonyl (C=O) groups is 2. The predicted molar refractivity (Wildman–Crippen MR) is 106 cm³/mol. The molecule has 6 heteroatoms. The molecule has 6 nitrogen and oxygen atoms in total. The first kappa shape index (κ1) is 20.3. The molecule has 0 radical (unpaired) electrons. The number of methoxy groups -OCH3 is 1. The van der Waals surface area contributed by atoms with Crippen LogP contribution in [0.3, 0.4) is 0 Å². The van der Waals surface area contributed by atoms with E-state index < -0.39 is 0 Å². The zero-order valence-corrected chi connectivity index (χ0v) is 17.2. The van der Waals surface area contributed by atoms with Gasteiger partial charge in [0, 0.05) is 22.6 Å². The van der Waals surface area contributed by atoms with Gasteiger partial charge in [0.15, 0.2) is 0 Å². The van der Waals surface area contributed by atoms with Crippen LogP contribution in [0.2, 0.25) is 0 Å². The fourth-order valence-electron chi connectivity index (χ4n) is 4.16. The average Bonchev–Trinajstić information content (AvgIpc) is 2.94. The number of Topliss-reactive ketones (excluding diaryl/α,β-unsaturated/α-hetero) is 1. The molecule has 0 amide bonds. The molecule has 1 unspecified atom stereocenters. The van der Waals surface area contributed by atoms with Crippen molar-refractivity contribution in [3.63, 3.8) is 0 Å². The number of carbonyl (C=O) groups excluding carboxylic acids is 2. The van der Waals surface area contributed by atoms with Crippen LogP contribution in [0.15, 0.2) is 30.3 Å². The van der Waals surface area contributed by atoms with Crippen molar-refractivity contribution in [3.8, 4) is 5.69 Å². The number of ketones is 1. The van der Waals surface area contributed by atoms with Gasteiger partial charge in [0.05, 0.1) is 12.7 Å². The number of nitrogens with zero attached hydrogens (tertiary/aromatic N) is 1. The molecule has 2 aromatic rings. The Morgan fingerprint density at radius 3 is 2.32 bits per heavy atom. The molecule has 3 rings (SSSR count). The Morgan fingerprint density at radius 2 is 1.75 bits per heavy atom. The molecule has 3 atom stereocenters. The first-order chi connectivity index (χ1) is 13.3. The molecule has 0 bridgehead atoms. The van der Waals surface area contributed by atoms with Crippen molar-refractivity contribution in [2.45, 2.75) is 39.9 Å². The van der Waals surface area contributed by atoms with Crippen LogP contribution in [-0.4, -0.2) is 55.3 Å². The number of ether oxygens (including phenoxy) is 2. The minimum absolute atomic E-state index is 0.154. The Balaban J connectivity index is 1.81. The minimum atomic E-state index is -0.361. The van der Waals surface area contributed by atoms with E-state index in [9.17, 15) is 9.59 Å². The summed E-state index contributed by atoms with van der Waals surface area (Å²) in [5, 5.41) is 0. The summed E-state index contributed by atoms with van der Waals surface area (Å²) in [6.07, 6.45) is 0.347. The lowest BCUT2D eigenvalue weighted by Gasteiger charge is -2.31. The molecular weight excluding hydrogens is 356 g/mol. The number of esters is 1. The molecule has 0 aliphatic carbocycles. The zero-order chi connectivity index (χ0) is 20.4. The maximum absolute atomic E-state index is 13.0. The van der Waals surface area contributed by atoms with Gasteiger partial charge in [-0.05, 0) is 58.0 Å². The van der Waals surface area contributed by atoms with E-state index in [-0.39, 0.29) is 24.0 Å². The van der Waals surface area contributed by atoms with E-state index in [1.807, 2.05) is 36.6 Å². The Hall–Kier alpha value is -2.44. The van der Waals surface area contributed by atoms with Gasteiger partial charge in [-0.1, -0.05) is 0 Å². The average molecular weight is 385 g/mol. The highest BCUT2D eigenvalue weighted by Crippen LogP contribution is 2.21. The van der Waals surface area contributed by atoms with Gasteiger partial charge >= 0.3 is 5.97 Å². The molecule has 1 aromatic carbocycles. The Labute approximate surface area is 166 Å². The minimum Gasteiger partial charge on any atom is -0.465 e. The van der Waals surface area contributed by atoms with Crippen LogP contribution in [0, 0.1) is 13.8 Å². The highest BCUT2D eigenvalue weighted by Gasteiger charge is 2.28. The summed E-state index contributed by atoms with van der Waals surface area (Å²) in [5.74, 6) is -0.206. The van der Waals surface area contributed by atoms with Crippen molar-refractivity contribution in [3.05, 3.63) is 52.8 Å². The maximum Gasteiger partial charge on any atom is 0.337 e. The van der Waals surface area contributed by atoms with Crippen molar-refractivity contribution >= 4 is 11.8 Å². The lowest BCUT2D eigenvalue weighted by atomic mass is 10.1. The van der Waals surface area contributed by atoms with Gasteiger partial charge in [-0.15, -0.1) is 0 Å². The van der Waals surface area contributed by atoms with Crippen LogP contribution >= 0.6 is 0 Å². The number of hydrogen-bond acceptors (Lipinski definition) is 4. The van der Waals surface area contributed by atoms with Gasteiger partial charge < -0.3 is 18.9 Å². The molecular formula is C22H29N2O4+. The second-order valence-electron chi connectivity index (χ2n) is 7.67. The van der Waals surface area contributed by atoms with E-state index in [0.717, 1.165) is 35.7 Å². The molecule has 1 N–H and O–H groups in total. The zero-order valence-electron chi connectivity index (χ0n) is 17.2. The van der Waals surface area contributed by atoms with E-state index in [2.05, 4.69) is 13.8 Å². The largest absolute Gasteiger partial charge is 0.465 e. The van der Waals surface area contributed by atoms with Gasteiger partial charge in [-0.3, -0.25) is 4.79 Å². The first-order valence-corrected chi connectivity index (χ1v) is 9.70. The smallest absolute Gasteiger partial charge is 0.337 e. The van der Waals surface area contributed by atoms with Gasteiger partial charge in [0.2, 0.25) is 5.78 Å². The SMILES string of the molecule is COC(=O)c1ccc(-n2c(C)cc(C(=O)C[NH+]3C[C@@H](C)O[C@@H](C)C3)c2C)cc1. The molecule has 1 aromatic heterocycles. The van der Waals surface area contributed by atoms with E-state index in [4.69, 9.17) is 9.47 Å². The summed E-state index contributed by atoms with van der Waals surface area (Å²) in [4.78, 5) is 25.9. The summed E-state index contributed by atoms with van der Waals surface area (Å²) in [7, 11) is 1.37. The quantitative estimate of drug-likeness (QED) is 0.629. The fraction of sp³-hybridized carbons (Fsp3) is 0.455. The molecule has 0 saturated carbocycles. The third-order valence-corrected chi connectivity index (χ3v) is 5.31. The monoisotopic (exact) mass is 385 g/mol. The normalized spacial score (nSPS) is 22.1. The number of rotatable bonds is 5. The fourth-order valence-corrected chi connectivity index (χ4v) is 4.16. The predicted octanol–water partition coefficient (Wildman–Crippen LogP) is 1.76. The summed E-state index contributed by atoms with van der Waals surface area (Å²) in [6.45, 7) is 10.3. The molecule has 28 heavy (non-hydrogen) atoms. The topological polar surface area (TPSA) is 62.0 Å². The van der Waals surface area contributed by atoms with Crippen molar-refractivity contribution in [1.82, 2.24) is 4.57 Å². The van der Waals surface area contributed by atoms with Crippen molar-refractivity contribution < 1.29 is 24.0 Å². The summed E-state index contributed by atoms with van der Waals surface area (Å²) >= 11 is 0. The van der Waals surface area contributed by atoms with E-state index in [1.54, 1.807) is 12.1 Å². The highest BCUT2D eigenvalue weighted by atomic mass is 16.5. The van der Waals surface area contributed by atoms with Gasteiger partial charge in [0.1, 0.15) is 31.8 Å². The number of nitrogens with one attached hydrogen (secondary N) is 1. The van der Waals surface area contributed by atoms with Crippen LogP contribution in [0.5, 0.6) is 0 Å². The Bertz CT molecular complexity index is 859. The third kappa shape index (κ3) is 4.18. The van der Waals surface area contributed by atoms with Crippen molar-refractivity contribution in [2.24, 2.45) is 0 Å². The number of aromatic nitrogens is 1. The van der Waals surface area contributed by atoms with Gasteiger partial charge in [0.25, 0.3) is 0 Å². The van der Waals surface area contributed by atoms with Crippen LogP contribution < -0.4 is 4.90 Å². The Kier molecular flexibility index (Phi) is 6.01. The number of morpholine rings is 1. The Morgan fingerprint density at radius 1 is 1.14 bits per heavy atom. The number of quaternary nitrogens is 1. The van der Waals surface area contributed by atoms with Crippen LogP contribution in [-0.2, 0) is 9.47 Å². The van der Waals surface area contributed by atoms with E-state index >= 15 is 0 Å². The van der Waals surface area contributed by atoms with Crippen LogP contribution in [0.1, 0.15) is 46.0 Å². The molecule has 1 fully saturated rings. The summed E-state index contributed by atoms with van der Waals surface area (Å²) in [5.41, 5.74) is 4.09. The van der Waals surface area contributed by atoms with E-state index in [0.29, 0.717) is 12.1 Å². The van der Waals surface area contributed by atoms with Gasteiger partial charge in [-0.2, -0.15) is 0 Å². The highest BCUT2D eigenvalue weighted by molar-refractivity contribution is 5.98. The number of aryl methyl sites for hydroxylation is 1. The lowest BCUT2D eigenvalue weighted by molar-refractivity contribution is -0.906. The third-order valence-electron chi connectivity index (χ3n) is 5.31. The summed E-state index contributed by atoms with van der Waals surface area (Å²) in [6, 6.07) is 9.18. The second kappa shape index (κ2) is 8.29. The van der Waals surface area contributed by atoms with Crippen molar-refractivity contribution in [2.75, 3.05) is 26.7 Å². The van der Waals surface area contributed by atoms with Crippen LogP contribution in [0.25, 0.3) is 5.69 Å². The summed E-state index contributed by atoms with van der Waals surface area (Å²) < 4.78 is 12.6. The van der Waals surface area contributed by atoms with Gasteiger partial charge in [-0.25, -0.2) is 4.79 Å². The number of hydrogen-bond donors (Lipinski definition) is 1. The molecule has 1 saturated heterocycles. The molecule has 1 aliphatic heterocycles. The maximum atomic E-state index is 13.0. The number of benzene rings is 1. The lowest BCUT2D eigenvalue weighted by Crippen LogP contribution is -3.16. The molecule has 150 valence electrons. The van der Waals surface area contributed by atoms with Crippen molar-refractivity contribution in [1.29, 1.82) is 0 Å². The molecule has 2 heterocycles. The van der Waals surface area contributed by atoms with E-state index in [1.165, 1.54) is 12.0 Å². The first-order valence-electron chi connectivity index (χ1n) is 9.70. The molecule has 0 spiro atoms. The van der Waals surface area contributed by atoms with Crippen LogP contribution in [0.4, 0.5) is 0 Å².